The van der Waals surface area contributed by atoms with Crippen LogP contribution in [-0.2, 0) is 4.79 Å². The van der Waals surface area contributed by atoms with E-state index in [1.165, 1.54) is 4.90 Å². The molecule has 1 N–H and O–H groups in total. The summed E-state index contributed by atoms with van der Waals surface area (Å²) in [4.78, 5) is 33.6. The highest BCUT2D eigenvalue weighted by molar-refractivity contribution is 6.31. The monoisotopic (exact) mass is 405 g/mol. The molecule has 0 spiro atoms. The van der Waals surface area contributed by atoms with E-state index < -0.39 is 0 Å². The lowest BCUT2D eigenvalue weighted by atomic mass is 10.1. The molecule has 3 atom stereocenters. The number of halogens is 1. The highest BCUT2D eigenvalue weighted by atomic mass is 35.5. The molecule has 3 aliphatic rings. The average molecular weight is 406 g/mol. The Kier molecular flexibility index (Phi) is 5.02. The lowest BCUT2D eigenvalue weighted by molar-refractivity contribution is -0.139. The zero-order chi connectivity index (χ0) is 20.2. The fraction of sp³-hybridized carbons (Fsp3) is 0.600. The Labute approximate surface area is 171 Å². The van der Waals surface area contributed by atoms with Crippen molar-refractivity contribution in [2.45, 2.75) is 45.7 Å². The van der Waals surface area contributed by atoms with Crippen LogP contribution < -0.4 is 10.2 Å². The number of hydrogen-bond acceptors (Lipinski definition) is 5. The van der Waals surface area contributed by atoms with Crippen molar-refractivity contribution in [3.05, 3.63) is 28.8 Å². The normalized spacial score (nSPS) is 28.2. The fourth-order valence-corrected chi connectivity index (χ4v) is 4.78. The molecule has 0 aliphatic carbocycles. The van der Waals surface area contributed by atoms with E-state index in [9.17, 15) is 9.59 Å². The average Bonchev–Trinajstić information content (AvgIpc) is 3.05. The minimum absolute atomic E-state index is 0.0959. The highest BCUT2D eigenvalue weighted by Crippen LogP contribution is 2.35. The summed E-state index contributed by atoms with van der Waals surface area (Å²) < 4.78 is 0. The van der Waals surface area contributed by atoms with Crippen molar-refractivity contribution in [2.75, 3.05) is 31.6 Å². The van der Waals surface area contributed by atoms with Crippen LogP contribution in [0, 0.1) is 12.8 Å². The number of carbonyl (C=O) groups is 2. The number of likely N-dealkylation sites (N-methyl/N-ethyl adjacent to an activating group) is 1. The van der Waals surface area contributed by atoms with Gasteiger partial charge in [-0.2, -0.15) is 0 Å². The maximum Gasteiger partial charge on any atom is 0.327 e. The van der Waals surface area contributed by atoms with Crippen molar-refractivity contribution >= 4 is 29.2 Å². The second-order valence-electron chi connectivity index (χ2n) is 8.33. The summed E-state index contributed by atoms with van der Waals surface area (Å²) in [7, 11) is 1.78. The van der Waals surface area contributed by atoms with Gasteiger partial charge in [0.1, 0.15) is 18.5 Å². The van der Waals surface area contributed by atoms with Crippen LogP contribution in [0.2, 0.25) is 5.02 Å². The van der Waals surface area contributed by atoms with Crippen LogP contribution in [-0.4, -0.2) is 71.8 Å². The van der Waals surface area contributed by atoms with E-state index in [1.54, 1.807) is 11.9 Å². The number of urea groups is 1. The second-order valence-corrected chi connectivity index (χ2v) is 8.74. The first-order valence-corrected chi connectivity index (χ1v) is 10.3. The topological polar surface area (TPSA) is 59.1 Å². The zero-order valence-electron chi connectivity index (χ0n) is 16.9. The third kappa shape index (κ3) is 2.96. The molecule has 0 aromatic heterocycles. The Morgan fingerprint density at radius 3 is 2.71 bits per heavy atom. The maximum absolute atomic E-state index is 13.3. The molecule has 1 aromatic rings. The van der Waals surface area contributed by atoms with Gasteiger partial charge in [0.25, 0.3) is 5.91 Å². The van der Waals surface area contributed by atoms with Crippen LogP contribution in [0.1, 0.15) is 25.8 Å². The van der Waals surface area contributed by atoms with Crippen molar-refractivity contribution in [1.29, 1.82) is 0 Å². The van der Waals surface area contributed by atoms with Crippen molar-refractivity contribution in [2.24, 2.45) is 5.92 Å². The van der Waals surface area contributed by atoms with Gasteiger partial charge in [-0.15, -0.1) is 0 Å². The Morgan fingerprint density at radius 2 is 2.00 bits per heavy atom. The molecule has 3 aliphatic heterocycles. The molecule has 3 heterocycles. The van der Waals surface area contributed by atoms with Crippen LogP contribution in [0.25, 0.3) is 0 Å². The van der Waals surface area contributed by atoms with Gasteiger partial charge < -0.3 is 9.80 Å². The van der Waals surface area contributed by atoms with Crippen molar-refractivity contribution in [1.82, 2.24) is 20.0 Å². The molecule has 0 radical (unpaired) electrons. The number of amides is 3. The first-order valence-electron chi connectivity index (χ1n) is 9.93. The molecule has 28 heavy (non-hydrogen) atoms. The molecule has 4 rings (SSSR count). The molecule has 7 nitrogen and oxygen atoms in total. The van der Waals surface area contributed by atoms with E-state index in [4.69, 9.17) is 11.6 Å². The summed E-state index contributed by atoms with van der Waals surface area (Å²) in [5.41, 5.74) is 2.09. The number of anilines is 1. The van der Waals surface area contributed by atoms with Crippen LogP contribution in [0.15, 0.2) is 18.2 Å². The summed E-state index contributed by atoms with van der Waals surface area (Å²) in [6, 6.07) is 5.32. The zero-order valence-corrected chi connectivity index (χ0v) is 17.6. The highest BCUT2D eigenvalue weighted by Gasteiger charge is 2.56. The maximum atomic E-state index is 13.3. The van der Waals surface area contributed by atoms with Gasteiger partial charge in [-0.25, -0.2) is 4.79 Å². The van der Waals surface area contributed by atoms with Gasteiger partial charge >= 0.3 is 6.03 Å². The van der Waals surface area contributed by atoms with Gasteiger partial charge in [0.15, 0.2) is 0 Å². The number of imide groups is 1. The Balaban J connectivity index is 1.67. The number of benzene rings is 1. The van der Waals surface area contributed by atoms with Crippen LogP contribution >= 0.6 is 11.6 Å². The number of rotatable bonds is 3. The summed E-state index contributed by atoms with van der Waals surface area (Å²) in [5, 5.41) is 4.27. The van der Waals surface area contributed by atoms with Crippen molar-refractivity contribution in [3.63, 3.8) is 0 Å². The third-order valence-corrected chi connectivity index (χ3v) is 6.38. The SMILES string of the molecule is Cc1c(Cl)cccc1N1CCCN2C3C(=O)N(CC(C)C)C(=O)N(C)C3NC12. The lowest BCUT2D eigenvalue weighted by Gasteiger charge is -2.44. The Bertz CT molecular complexity index is 801. The standard InChI is InChI=1S/C20H28ClN5O2/c1-12(2)11-26-18(27)16-17(23(4)20(26)28)22-19-24(9-6-10-25(16)19)15-8-5-7-14(21)13(15)3/h5,7-8,12,16-17,19,22H,6,9-11H2,1-4H3. The van der Waals surface area contributed by atoms with Gasteiger partial charge in [-0.1, -0.05) is 31.5 Å². The third-order valence-electron chi connectivity index (χ3n) is 5.97. The van der Waals surface area contributed by atoms with E-state index >= 15 is 0 Å². The van der Waals surface area contributed by atoms with E-state index in [0.29, 0.717) is 6.54 Å². The molecule has 3 amide bonds. The summed E-state index contributed by atoms with van der Waals surface area (Å²) in [6.45, 7) is 8.19. The number of fused-ring (bicyclic) bond motifs is 3. The predicted octanol–water partition coefficient (Wildman–Crippen LogP) is 2.29. The van der Waals surface area contributed by atoms with Crippen LogP contribution in [0.4, 0.5) is 10.5 Å². The van der Waals surface area contributed by atoms with Gasteiger partial charge in [0, 0.05) is 37.4 Å². The summed E-state index contributed by atoms with van der Waals surface area (Å²) in [5.74, 6) is 0.136. The summed E-state index contributed by atoms with van der Waals surface area (Å²) in [6.07, 6.45) is 0.482. The van der Waals surface area contributed by atoms with E-state index in [1.807, 2.05) is 32.9 Å². The Morgan fingerprint density at radius 1 is 1.25 bits per heavy atom. The predicted molar refractivity (Wildman–Crippen MR) is 109 cm³/mol. The molecule has 0 bridgehead atoms. The van der Waals surface area contributed by atoms with Gasteiger partial charge in [-0.3, -0.25) is 19.9 Å². The second kappa shape index (κ2) is 7.21. The molecule has 3 unspecified atom stereocenters. The number of hydrogen-bond donors (Lipinski definition) is 1. The fourth-order valence-electron chi connectivity index (χ4n) is 4.61. The molecule has 3 fully saturated rings. The number of nitrogens with one attached hydrogen (secondary N) is 1. The van der Waals surface area contributed by atoms with Crippen molar-refractivity contribution < 1.29 is 9.59 Å². The minimum Gasteiger partial charge on any atom is -0.343 e. The molecular weight excluding hydrogens is 378 g/mol. The first-order chi connectivity index (χ1) is 13.3. The summed E-state index contributed by atoms with van der Waals surface area (Å²) >= 11 is 6.36. The Hall–Kier alpha value is -1.83. The van der Waals surface area contributed by atoms with Gasteiger partial charge in [0.2, 0.25) is 0 Å². The lowest BCUT2D eigenvalue weighted by Crippen LogP contribution is -2.66. The molecular formula is C20H28ClN5O2. The van der Waals surface area contributed by atoms with Crippen LogP contribution in [0.3, 0.4) is 0 Å². The minimum atomic E-state index is -0.367. The molecule has 8 heteroatoms. The van der Waals surface area contributed by atoms with E-state index in [2.05, 4.69) is 21.2 Å². The van der Waals surface area contributed by atoms with E-state index in [-0.39, 0.29) is 36.4 Å². The molecule has 3 saturated heterocycles. The first kappa shape index (κ1) is 19.5. The molecule has 0 saturated carbocycles. The molecule has 1 aromatic carbocycles. The molecule has 152 valence electrons. The van der Waals surface area contributed by atoms with Gasteiger partial charge in [0.05, 0.1) is 0 Å². The van der Waals surface area contributed by atoms with Gasteiger partial charge in [-0.05, 0) is 37.0 Å². The smallest absolute Gasteiger partial charge is 0.327 e. The van der Waals surface area contributed by atoms with Crippen LogP contribution in [0.5, 0.6) is 0 Å². The number of nitrogens with zero attached hydrogens (tertiary/aromatic N) is 4. The number of carbonyl (C=O) groups excluding carboxylic acids is 2. The van der Waals surface area contributed by atoms with Crippen molar-refractivity contribution in [3.8, 4) is 0 Å². The largest absolute Gasteiger partial charge is 0.343 e. The van der Waals surface area contributed by atoms with E-state index in [0.717, 1.165) is 35.8 Å². The quantitative estimate of drug-likeness (QED) is 0.836.